The molecule has 2 rings (SSSR count). The molecule has 0 amide bonds. The highest BCUT2D eigenvalue weighted by atomic mass is 79.9. The van der Waals surface area contributed by atoms with Gasteiger partial charge in [-0.05, 0) is 17.7 Å². The fraction of sp³-hybridized carbons (Fsp3) is 0.364. The van der Waals surface area contributed by atoms with E-state index in [0.717, 1.165) is 19.0 Å². The van der Waals surface area contributed by atoms with E-state index in [9.17, 15) is 4.79 Å². The molecule has 1 heterocycles. The van der Waals surface area contributed by atoms with Crippen molar-refractivity contribution in [3.63, 3.8) is 0 Å². The molecule has 0 N–H and O–H groups in total. The number of benzene rings is 1. The average molecular weight is 429 g/mol. The van der Waals surface area contributed by atoms with Crippen molar-refractivity contribution in [1.29, 1.82) is 0 Å². The normalized spacial score (nSPS) is 17.5. The minimum Gasteiger partial charge on any atom is -0.344 e. The summed E-state index contributed by atoms with van der Waals surface area (Å²) in [5.41, 5.74) is 1.06. The number of ketones is 1. The van der Waals surface area contributed by atoms with Crippen LogP contribution in [0.1, 0.15) is 5.56 Å². The van der Waals surface area contributed by atoms with Crippen LogP contribution < -0.4 is 0 Å². The zero-order valence-electron chi connectivity index (χ0n) is 8.71. The van der Waals surface area contributed by atoms with Gasteiger partial charge in [-0.25, -0.2) is 0 Å². The summed E-state index contributed by atoms with van der Waals surface area (Å²) in [6.45, 7) is 0.271. The number of carbonyl (C=O) groups is 1. The van der Waals surface area contributed by atoms with Gasteiger partial charge in [-0.3, -0.25) is 4.79 Å². The van der Waals surface area contributed by atoms with Gasteiger partial charge in [0.1, 0.15) is 13.2 Å². The lowest BCUT2D eigenvalue weighted by molar-refractivity contribution is -0.185. The Labute approximate surface area is 124 Å². The van der Waals surface area contributed by atoms with E-state index in [1.807, 2.05) is 12.1 Å². The predicted molar refractivity (Wildman–Crippen MR) is 73.9 cm³/mol. The van der Waals surface area contributed by atoms with Crippen LogP contribution in [-0.2, 0) is 20.7 Å². The van der Waals surface area contributed by atoms with Gasteiger partial charge in [0, 0.05) is 19.8 Å². The lowest BCUT2D eigenvalue weighted by Gasteiger charge is -2.23. The molecule has 0 bridgehead atoms. The van der Waals surface area contributed by atoms with E-state index in [2.05, 4.69) is 47.8 Å². The van der Waals surface area contributed by atoms with Crippen molar-refractivity contribution in [2.75, 3.05) is 13.2 Å². The number of ether oxygens (including phenoxy) is 2. The quantitative estimate of drug-likeness (QED) is 0.723. The van der Waals surface area contributed by atoms with Crippen molar-refractivity contribution in [2.45, 2.75) is 12.7 Å². The molecule has 0 spiro atoms. The Morgan fingerprint density at radius 2 is 1.65 bits per heavy atom. The smallest absolute Gasteiger partial charge is 0.184 e. The lowest BCUT2D eigenvalue weighted by atomic mass is 10.1. The van der Waals surface area contributed by atoms with Crippen molar-refractivity contribution in [3.05, 3.63) is 31.1 Å². The Balaban J connectivity index is 2.11. The first-order chi connectivity index (χ1) is 8.06. The van der Waals surface area contributed by atoms with Crippen LogP contribution in [0.4, 0.5) is 0 Å². The minimum absolute atomic E-state index is 0.0183. The zero-order valence-corrected chi connectivity index (χ0v) is 13.5. The Morgan fingerprint density at radius 1 is 1.12 bits per heavy atom. The third kappa shape index (κ3) is 3.61. The molecule has 0 aliphatic carbocycles. The number of hydrogen-bond acceptors (Lipinski definition) is 3. The van der Waals surface area contributed by atoms with Gasteiger partial charge < -0.3 is 9.47 Å². The summed E-state index contributed by atoms with van der Waals surface area (Å²) in [6.07, 6.45) is 0.239. The van der Waals surface area contributed by atoms with E-state index >= 15 is 0 Å². The molecule has 1 aliphatic rings. The number of hydrogen-bond donors (Lipinski definition) is 0. The molecular weight excluding hydrogens is 420 g/mol. The molecular formula is C11H9Br3O3. The highest BCUT2D eigenvalue weighted by molar-refractivity contribution is 9.11. The molecule has 92 valence electrons. The largest absolute Gasteiger partial charge is 0.344 e. The van der Waals surface area contributed by atoms with Crippen LogP contribution in [0.5, 0.6) is 0 Å². The molecule has 1 aromatic rings. The molecule has 1 aromatic carbocycles. The third-order valence-electron chi connectivity index (χ3n) is 2.34. The van der Waals surface area contributed by atoms with Gasteiger partial charge in [-0.1, -0.05) is 47.8 Å². The second-order valence-electron chi connectivity index (χ2n) is 3.64. The molecule has 0 aromatic heterocycles. The Bertz CT molecular complexity index is 415. The molecule has 0 atom stereocenters. The summed E-state index contributed by atoms with van der Waals surface area (Å²) in [5, 5.41) is 0. The monoisotopic (exact) mass is 426 g/mol. The zero-order chi connectivity index (χ0) is 12.4. The van der Waals surface area contributed by atoms with E-state index in [0.29, 0.717) is 6.42 Å². The summed E-state index contributed by atoms with van der Waals surface area (Å²) in [6, 6.07) is 3.93. The van der Waals surface area contributed by atoms with Gasteiger partial charge in [0.05, 0.1) is 0 Å². The van der Waals surface area contributed by atoms with Crippen molar-refractivity contribution in [1.82, 2.24) is 0 Å². The van der Waals surface area contributed by atoms with Crippen molar-refractivity contribution >= 4 is 53.6 Å². The van der Waals surface area contributed by atoms with Crippen LogP contribution in [0.25, 0.3) is 0 Å². The number of halogens is 3. The molecule has 0 radical (unpaired) electrons. The maximum atomic E-state index is 11.0. The summed E-state index contributed by atoms with van der Waals surface area (Å²) >= 11 is 10.4. The van der Waals surface area contributed by atoms with Crippen LogP contribution in [0, 0.1) is 0 Å². The highest BCUT2D eigenvalue weighted by Crippen LogP contribution is 2.31. The van der Waals surface area contributed by atoms with E-state index < -0.39 is 0 Å². The first-order valence-electron chi connectivity index (χ1n) is 4.94. The molecule has 1 fully saturated rings. The fourth-order valence-corrected chi connectivity index (χ4v) is 4.10. The Kier molecular flexibility index (Phi) is 4.77. The second-order valence-corrected chi connectivity index (χ2v) is 6.27. The number of rotatable bonds is 2. The molecule has 1 saturated heterocycles. The summed E-state index contributed by atoms with van der Waals surface area (Å²) in [4.78, 5) is 11.0. The number of Topliss-reactive ketones (excluding diaryl/α,β-unsaturated/α-hetero) is 1. The van der Waals surface area contributed by atoms with Gasteiger partial charge in [-0.15, -0.1) is 0 Å². The molecule has 0 saturated carbocycles. The molecule has 1 aliphatic heterocycles. The van der Waals surface area contributed by atoms with Crippen LogP contribution in [-0.4, -0.2) is 25.3 Å². The van der Waals surface area contributed by atoms with Gasteiger partial charge in [0.2, 0.25) is 0 Å². The van der Waals surface area contributed by atoms with E-state index in [4.69, 9.17) is 9.47 Å². The standard InChI is InChI=1S/C11H9Br3O3/c12-6-1-9(13)8(10(14)2-6)3-11-16-4-7(15)5-17-11/h1-2,11H,3-5H2. The van der Waals surface area contributed by atoms with Crippen LogP contribution in [0.2, 0.25) is 0 Å². The van der Waals surface area contributed by atoms with E-state index in [1.54, 1.807) is 0 Å². The van der Waals surface area contributed by atoms with Crippen molar-refractivity contribution in [2.24, 2.45) is 0 Å². The third-order valence-corrected chi connectivity index (χ3v) is 4.21. The predicted octanol–water partition coefficient (Wildman–Crippen LogP) is 3.46. The van der Waals surface area contributed by atoms with Gasteiger partial charge in [0.15, 0.2) is 12.1 Å². The maximum Gasteiger partial charge on any atom is 0.184 e. The Hall–Kier alpha value is 0.250. The molecule has 6 heteroatoms. The maximum absolute atomic E-state index is 11.0. The first-order valence-corrected chi connectivity index (χ1v) is 7.32. The van der Waals surface area contributed by atoms with Gasteiger partial charge in [0.25, 0.3) is 0 Å². The SMILES string of the molecule is O=C1COC(Cc2c(Br)cc(Br)cc2Br)OC1. The van der Waals surface area contributed by atoms with Crippen LogP contribution >= 0.6 is 47.8 Å². The van der Waals surface area contributed by atoms with Crippen LogP contribution in [0.15, 0.2) is 25.6 Å². The Morgan fingerprint density at radius 3 is 2.18 bits per heavy atom. The van der Waals surface area contributed by atoms with Crippen molar-refractivity contribution in [3.8, 4) is 0 Å². The first kappa shape index (κ1) is 13.7. The van der Waals surface area contributed by atoms with Crippen LogP contribution in [0.3, 0.4) is 0 Å². The highest BCUT2D eigenvalue weighted by Gasteiger charge is 2.21. The van der Waals surface area contributed by atoms with Crippen molar-refractivity contribution < 1.29 is 14.3 Å². The van der Waals surface area contributed by atoms with Gasteiger partial charge >= 0.3 is 0 Å². The molecule has 3 nitrogen and oxygen atoms in total. The molecule has 0 unspecified atom stereocenters. The average Bonchev–Trinajstić information content (AvgIpc) is 2.26. The topological polar surface area (TPSA) is 35.5 Å². The fourth-order valence-electron chi connectivity index (χ4n) is 1.51. The summed E-state index contributed by atoms with van der Waals surface area (Å²) in [5.74, 6) is -0.0183. The summed E-state index contributed by atoms with van der Waals surface area (Å²) < 4.78 is 13.6. The van der Waals surface area contributed by atoms with Gasteiger partial charge in [-0.2, -0.15) is 0 Å². The molecule has 17 heavy (non-hydrogen) atoms. The minimum atomic E-state index is -0.360. The second kappa shape index (κ2) is 5.93. The van der Waals surface area contributed by atoms with E-state index in [-0.39, 0.29) is 25.3 Å². The number of carbonyl (C=O) groups excluding carboxylic acids is 1. The van der Waals surface area contributed by atoms with E-state index in [1.165, 1.54) is 0 Å². The lowest BCUT2D eigenvalue weighted by Crippen LogP contribution is -2.33. The summed E-state index contributed by atoms with van der Waals surface area (Å²) in [7, 11) is 0.